The van der Waals surface area contributed by atoms with Gasteiger partial charge in [0.05, 0.1) is 13.3 Å². The van der Waals surface area contributed by atoms with Gasteiger partial charge in [-0.1, -0.05) is 97.8 Å². The van der Waals surface area contributed by atoms with E-state index >= 15 is 0 Å². The number of hydrogen-bond donors (Lipinski definition) is 4. The molecule has 5 heteroatoms. The number of alkyl halides is 1. The topological polar surface area (TPSA) is 98.3 Å². The third-order valence-electron chi connectivity index (χ3n) is 12.9. The molecule has 1 aromatic rings. The first-order chi connectivity index (χ1) is 23.7. The standard InChI is InChI=1S/C35H54N2O.C5H11N.2C2H6.CH3F/c1-22(2)8-7-9-23(3)27-13-14-28-26-12-15-31-34(5,29(26)16-18-33(27,28)4)19-17-32(38)35(31,6)21-24-10-11-25(36)20-30(24)37;1-3-4-5(2)6;3*1-2/h8,10-11,15,20,23,26-29,32,38H,7,9,12-14,16-19,21,36-37H2,1-6H3;4H,3,6H2,1-2H3;2*1-2H3;1H3/b;5-4+;;;. The first-order valence-corrected chi connectivity index (χ1v) is 20.1. The summed E-state index contributed by atoms with van der Waals surface area (Å²) >= 11 is 0. The van der Waals surface area contributed by atoms with Crippen LogP contribution in [0.15, 0.2) is 53.3 Å². The predicted molar refractivity (Wildman–Crippen MR) is 219 cm³/mol. The van der Waals surface area contributed by atoms with Crippen molar-refractivity contribution >= 4 is 11.4 Å². The molecule has 4 aliphatic carbocycles. The Balaban J connectivity index is 0.000000919. The van der Waals surface area contributed by atoms with E-state index in [4.69, 9.17) is 17.2 Å². The van der Waals surface area contributed by atoms with Crippen molar-refractivity contribution in [1.29, 1.82) is 0 Å². The second-order valence-electron chi connectivity index (χ2n) is 16.2. The van der Waals surface area contributed by atoms with Crippen molar-refractivity contribution in [2.45, 2.75) is 160 Å². The zero-order chi connectivity index (χ0) is 38.4. The molecule has 9 atom stereocenters. The van der Waals surface area contributed by atoms with Gasteiger partial charge in [-0.25, -0.2) is 0 Å². The lowest BCUT2D eigenvalue weighted by Crippen LogP contribution is -2.55. The molecule has 3 fully saturated rings. The predicted octanol–water partition coefficient (Wildman–Crippen LogP) is 12.2. The first-order valence-electron chi connectivity index (χ1n) is 20.1. The van der Waals surface area contributed by atoms with Crippen LogP contribution in [-0.4, -0.2) is 18.4 Å². The Labute approximate surface area is 309 Å². The van der Waals surface area contributed by atoms with E-state index in [0.717, 1.165) is 72.2 Å². The Hall–Kier alpha value is -2.27. The normalized spacial score (nSPS) is 32.9. The van der Waals surface area contributed by atoms with Gasteiger partial charge in [0.15, 0.2) is 0 Å². The van der Waals surface area contributed by atoms with Crippen LogP contribution in [0.3, 0.4) is 0 Å². The number of aliphatic hydroxyl groups excluding tert-OH is 1. The average molecular weight is 698 g/mol. The summed E-state index contributed by atoms with van der Waals surface area (Å²) < 4.78 is 9.50. The van der Waals surface area contributed by atoms with Crippen molar-refractivity contribution in [3.63, 3.8) is 0 Å². The first kappa shape index (κ1) is 45.8. The molecule has 288 valence electrons. The molecule has 7 N–H and O–H groups in total. The average Bonchev–Trinajstić information content (AvgIpc) is 3.45. The Kier molecular flexibility index (Phi) is 18.9. The lowest BCUT2D eigenvalue weighted by atomic mass is 9.43. The van der Waals surface area contributed by atoms with Crippen LogP contribution in [0.25, 0.3) is 0 Å². The summed E-state index contributed by atoms with van der Waals surface area (Å²) in [5, 5.41) is 11.5. The number of hydrogen-bond acceptors (Lipinski definition) is 4. The molecule has 4 nitrogen and oxygen atoms in total. The fraction of sp³-hybridized carbons (Fsp3) is 0.733. The summed E-state index contributed by atoms with van der Waals surface area (Å²) in [5.41, 5.74) is 24.5. The quantitative estimate of drug-likeness (QED) is 0.168. The van der Waals surface area contributed by atoms with Crippen LogP contribution in [-0.2, 0) is 6.42 Å². The van der Waals surface area contributed by atoms with Crippen LogP contribution >= 0.6 is 0 Å². The van der Waals surface area contributed by atoms with Crippen LogP contribution in [0.1, 0.15) is 153 Å². The van der Waals surface area contributed by atoms with E-state index < -0.39 is 0 Å². The van der Waals surface area contributed by atoms with Crippen molar-refractivity contribution in [3.8, 4) is 0 Å². The Bertz CT molecular complexity index is 1250. The van der Waals surface area contributed by atoms with E-state index in [-0.39, 0.29) is 16.9 Å². The van der Waals surface area contributed by atoms with Crippen molar-refractivity contribution in [3.05, 3.63) is 58.8 Å². The minimum atomic E-state index is -0.332. The van der Waals surface area contributed by atoms with Crippen LogP contribution < -0.4 is 17.2 Å². The summed E-state index contributed by atoms with van der Waals surface area (Å²) in [6.07, 6.45) is 19.8. The number of nitrogen functional groups attached to an aromatic ring is 2. The van der Waals surface area contributed by atoms with Gasteiger partial charge in [-0.3, -0.25) is 4.39 Å². The van der Waals surface area contributed by atoms with E-state index in [1.165, 1.54) is 56.1 Å². The minimum absolute atomic E-state index is 0.175. The van der Waals surface area contributed by atoms with Crippen molar-refractivity contribution < 1.29 is 9.50 Å². The number of halogens is 1. The third kappa shape index (κ3) is 10.2. The van der Waals surface area contributed by atoms with Crippen LogP contribution in [0.4, 0.5) is 15.8 Å². The number of anilines is 2. The zero-order valence-electron chi connectivity index (χ0n) is 34.8. The Morgan fingerprint density at radius 2 is 1.58 bits per heavy atom. The molecule has 0 heterocycles. The van der Waals surface area contributed by atoms with Crippen molar-refractivity contribution in [2.75, 3.05) is 18.6 Å². The molecular weight excluding hydrogens is 618 g/mol. The molecular formula is C45H80FN3O. The molecule has 0 aromatic heterocycles. The highest BCUT2D eigenvalue weighted by molar-refractivity contribution is 5.57. The highest BCUT2D eigenvalue weighted by Gasteiger charge is 2.61. The number of fused-ring (bicyclic) bond motifs is 5. The van der Waals surface area contributed by atoms with Gasteiger partial charge in [-0.05, 0) is 150 Å². The van der Waals surface area contributed by atoms with Crippen LogP contribution in [0, 0.1) is 45.8 Å². The fourth-order valence-corrected chi connectivity index (χ4v) is 10.8. The molecule has 0 aliphatic heterocycles. The van der Waals surface area contributed by atoms with Gasteiger partial charge in [0.1, 0.15) is 0 Å². The van der Waals surface area contributed by atoms with E-state index in [0.29, 0.717) is 18.3 Å². The van der Waals surface area contributed by atoms with Gasteiger partial charge < -0.3 is 22.3 Å². The van der Waals surface area contributed by atoms with E-state index in [1.54, 1.807) is 0 Å². The third-order valence-corrected chi connectivity index (χ3v) is 12.9. The molecule has 1 aromatic carbocycles. The summed E-state index contributed by atoms with van der Waals surface area (Å²) in [4.78, 5) is 0. The van der Waals surface area contributed by atoms with Crippen LogP contribution in [0.2, 0.25) is 0 Å². The molecule has 50 heavy (non-hydrogen) atoms. The lowest BCUT2D eigenvalue weighted by molar-refractivity contribution is -0.0813. The molecule has 0 amide bonds. The molecule has 0 saturated heterocycles. The maximum atomic E-state index is 11.5. The number of allylic oxidation sites excluding steroid dienone is 5. The van der Waals surface area contributed by atoms with E-state index in [1.807, 2.05) is 52.8 Å². The van der Waals surface area contributed by atoms with Crippen LogP contribution in [0.5, 0.6) is 0 Å². The van der Waals surface area contributed by atoms with Gasteiger partial charge in [0, 0.05) is 22.5 Å². The zero-order valence-corrected chi connectivity index (χ0v) is 34.8. The van der Waals surface area contributed by atoms with Crippen molar-refractivity contribution in [1.82, 2.24) is 0 Å². The molecule has 0 radical (unpaired) electrons. The highest BCUT2D eigenvalue weighted by atomic mass is 19.1. The number of benzene rings is 1. The molecule has 5 rings (SSSR count). The maximum absolute atomic E-state index is 11.5. The SMILES string of the molecule is CC.CC.CC(C)=CCCC(C)C1CCC2C3CC=C4C(C)(Cc5ccc(N)cc5N)C(O)CCC4(C)C3CCC12C.CC/C=C(\C)N.CF. The summed E-state index contributed by atoms with van der Waals surface area (Å²) in [7, 11) is 0.500. The van der Waals surface area contributed by atoms with E-state index in [2.05, 4.69) is 66.7 Å². The minimum Gasteiger partial charge on any atom is -0.403 e. The van der Waals surface area contributed by atoms with Gasteiger partial charge in [-0.2, -0.15) is 0 Å². The van der Waals surface area contributed by atoms with Gasteiger partial charge >= 0.3 is 0 Å². The van der Waals surface area contributed by atoms with Gasteiger partial charge in [-0.15, -0.1) is 0 Å². The lowest BCUT2D eigenvalue weighted by Gasteiger charge is -2.62. The Morgan fingerprint density at radius 3 is 2.12 bits per heavy atom. The number of rotatable bonds is 7. The summed E-state index contributed by atoms with van der Waals surface area (Å²) in [5.74, 6) is 4.04. The largest absolute Gasteiger partial charge is 0.403 e. The highest BCUT2D eigenvalue weighted by Crippen LogP contribution is 2.69. The second kappa shape index (κ2) is 20.7. The second-order valence-corrected chi connectivity index (χ2v) is 16.2. The van der Waals surface area contributed by atoms with E-state index in [9.17, 15) is 9.50 Å². The molecule has 4 aliphatic rings. The molecule has 3 saturated carbocycles. The summed E-state index contributed by atoms with van der Waals surface area (Å²) in [6, 6.07) is 5.90. The van der Waals surface area contributed by atoms with Gasteiger partial charge in [0.2, 0.25) is 0 Å². The number of nitrogens with two attached hydrogens (primary N) is 3. The van der Waals surface area contributed by atoms with Crippen molar-refractivity contribution in [2.24, 2.45) is 51.6 Å². The maximum Gasteiger partial charge on any atom is 0.0785 e. The fourth-order valence-electron chi connectivity index (χ4n) is 10.8. The van der Waals surface area contributed by atoms with Gasteiger partial charge in [0.25, 0.3) is 0 Å². The number of aliphatic hydroxyl groups is 1. The smallest absolute Gasteiger partial charge is 0.0785 e. The molecule has 0 spiro atoms. The molecule has 0 bridgehead atoms. The molecule has 9 unspecified atom stereocenters. The Morgan fingerprint density at radius 1 is 0.940 bits per heavy atom. The monoisotopic (exact) mass is 698 g/mol. The summed E-state index contributed by atoms with van der Waals surface area (Å²) in [6.45, 7) is 26.5.